The summed E-state index contributed by atoms with van der Waals surface area (Å²) in [7, 11) is 0. The number of rotatable bonds is 5. The third-order valence-electron chi connectivity index (χ3n) is 4.26. The van der Waals surface area contributed by atoms with Gasteiger partial charge in [0.05, 0.1) is 5.75 Å². The van der Waals surface area contributed by atoms with Gasteiger partial charge in [-0.25, -0.2) is 0 Å². The molecule has 28 heavy (non-hydrogen) atoms. The molecule has 0 aliphatic heterocycles. The molecule has 0 saturated carbocycles. The number of hydrogen-bond acceptors (Lipinski definition) is 5. The van der Waals surface area contributed by atoms with Crippen LogP contribution in [0.5, 0.6) is 0 Å². The molecule has 1 N–H and O–H groups in total. The Kier molecular flexibility index (Phi) is 5.12. The van der Waals surface area contributed by atoms with E-state index in [0.717, 1.165) is 33.2 Å². The average Bonchev–Trinajstić information content (AvgIpc) is 3.14. The van der Waals surface area contributed by atoms with Gasteiger partial charge in [0.1, 0.15) is 0 Å². The second kappa shape index (κ2) is 7.86. The van der Waals surface area contributed by atoms with Gasteiger partial charge in [-0.1, -0.05) is 54.2 Å². The van der Waals surface area contributed by atoms with Crippen molar-refractivity contribution >= 4 is 34.1 Å². The average molecular weight is 389 g/mol. The SMILES string of the molecule is Cc1cc(C)cc(NC(=O)CSc2nnc(-c3cccc4ccccc34)o2)c1. The fraction of sp³-hybridized carbons (Fsp3) is 0.136. The van der Waals surface area contributed by atoms with Crippen LogP contribution in [0, 0.1) is 13.8 Å². The van der Waals surface area contributed by atoms with Gasteiger partial charge in [-0.2, -0.15) is 0 Å². The maximum Gasteiger partial charge on any atom is 0.277 e. The molecule has 0 spiro atoms. The predicted octanol–water partition coefficient (Wildman–Crippen LogP) is 5.24. The number of thioether (sulfide) groups is 1. The van der Waals surface area contributed by atoms with Gasteiger partial charge in [0, 0.05) is 11.3 Å². The molecule has 4 rings (SSSR count). The number of carbonyl (C=O) groups excluding carboxylic acids is 1. The van der Waals surface area contributed by atoms with E-state index in [0.29, 0.717) is 11.1 Å². The van der Waals surface area contributed by atoms with Gasteiger partial charge in [0.15, 0.2) is 0 Å². The Morgan fingerprint density at radius 3 is 2.57 bits per heavy atom. The minimum absolute atomic E-state index is 0.111. The zero-order valence-electron chi connectivity index (χ0n) is 15.6. The topological polar surface area (TPSA) is 68.0 Å². The minimum atomic E-state index is -0.111. The first-order valence-corrected chi connectivity index (χ1v) is 9.89. The summed E-state index contributed by atoms with van der Waals surface area (Å²) >= 11 is 1.22. The molecule has 140 valence electrons. The van der Waals surface area contributed by atoms with Gasteiger partial charge in [-0.05, 0) is 53.9 Å². The highest BCUT2D eigenvalue weighted by molar-refractivity contribution is 7.99. The number of nitrogens with one attached hydrogen (secondary N) is 1. The van der Waals surface area contributed by atoms with Crippen molar-refractivity contribution in [3.8, 4) is 11.5 Å². The monoisotopic (exact) mass is 389 g/mol. The molecule has 3 aromatic carbocycles. The van der Waals surface area contributed by atoms with Crippen LogP contribution >= 0.6 is 11.8 Å². The Labute approximate surface area is 167 Å². The highest BCUT2D eigenvalue weighted by atomic mass is 32.2. The predicted molar refractivity (Wildman–Crippen MR) is 113 cm³/mol. The molecule has 0 aliphatic rings. The first-order chi connectivity index (χ1) is 13.6. The number of nitrogens with zero attached hydrogens (tertiary/aromatic N) is 2. The van der Waals surface area contributed by atoms with Crippen LogP contribution in [0.1, 0.15) is 11.1 Å². The number of anilines is 1. The van der Waals surface area contributed by atoms with E-state index in [1.807, 2.05) is 68.4 Å². The number of amides is 1. The van der Waals surface area contributed by atoms with Gasteiger partial charge in [0.2, 0.25) is 11.8 Å². The smallest absolute Gasteiger partial charge is 0.277 e. The van der Waals surface area contributed by atoms with Gasteiger partial charge < -0.3 is 9.73 Å². The Morgan fingerprint density at radius 2 is 1.75 bits per heavy atom. The Bertz CT molecular complexity index is 1130. The van der Waals surface area contributed by atoms with E-state index in [1.165, 1.54) is 11.8 Å². The van der Waals surface area contributed by atoms with Crippen LogP contribution < -0.4 is 5.32 Å². The summed E-state index contributed by atoms with van der Waals surface area (Å²) in [5, 5.41) is 13.7. The third-order valence-corrected chi connectivity index (χ3v) is 5.08. The first kappa shape index (κ1) is 18.3. The van der Waals surface area contributed by atoms with Crippen LogP contribution in [-0.2, 0) is 4.79 Å². The lowest BCUT2D eigenvalue weighted by molar-refractivity contribution is -0.113. The van der Waals surface area contributed by atoms with Crippen LogP contribution in [0.25, 0.3) is 22.2 Å². The van der Waals surface area contributed by atoms with Gasteiger partial charge >= 0.3 is 0 Å². The van der Waals surface area contributed by atoms with Gasteiger partial charge in [-0.15, -0.1) is 10.2 Å². The van der Waals surface area contributed by atoms with E-state index in [2.05, 4.69) is 21.6 Å². The minimum Gasteiger partial charge on any atom is -0.411 e. The van der Waals surface area contributed by atoms with E-state index >= 15 is 0 Å². The number of aryl methyl sites for hydroxylation is 2. The summed E-state index contributed by atoms with van der Waals surface area (Å²) in [6.07, 6.45) is 0. The van der Waals surface area contributed by atoms with Crippen LogP contribution in [0.15, 0.2) is 70.3 Å². The Hall–Kier alpha value is -3.12. The molecule has 0 saturated heterocycles. The van der Waals surface area contributed by atoms with Crippen LogP contribution in [0.2, 0.25) is 0 Å². The number of carbonyl (C=O) groups is 1. The van der Waals surface area contributed by atoms with Crippen molar-refractivity contribution in [2.24, 2.45) is 0 Å². The normalized spacial score (nSPS) is 10.9. The number of benzene rings is 3. The van der Waals surface area contributed by atoms with Gasteiger partial charge in [0.25, 0.3) is 5.22 Å². The molecule has 5 nitrogen and oxygen atoms in total. The molecule has 0 aliphatic carbocycles. The van der Waals surface area contributed by atoms with Crippen molar-refractivity contribution in [3.05, 3.63) is 71.8 Å². The first-order valence-electron chi connectivity index (χ1n) is 8.91. The molecule has 0 fully saturated rings. The summed E-state index contributed by atoms with van der Waals surface area (Å²) in [5.41, 5.74) is 3.90. The molecule has 0 atom stereocenters. The lowest BCUT2D eigenvalue weighted by Crippen LogP contribution is -2.14. The summed E-state index contributed by atoms with van der Waals surface area (Å²) in [6.45, 7) is 4.01. The summed E-state index contributed by atoms with van der Waals surface area (Å²) < 4.78 is 5.78. The molecule has 1 amide bonds. The molecule has 0 radical (unpaired) electrons. The second-order valence-electron chi connectivity index (χ2n) is 6.61. The van der Waals surface area contributed by atoms with Crippen LogP contribution in [-0.4, -0.2) is 21.9 Å². The molecule has 6 heteroatoms. The van der Waals surface area contributed by atoms with Crippen molar-refractivity contribution in [3.63, 3.8) is 0 Å². The Morgan fingerprint density at radius 1 is 1.00 bits per heavy atom. The van der Waals surface area contributed by atoms with Crippen molar-refractivity contribution in [2.75, 3.05) is 11.1 Å². The molecule has 1 heterocycles. The summed E-state index contributed by atoms with van der Waals surface area (Å²) in [5.74, 6) is 0.540. The lowest BCUT2D eigenvalue weighted by atomic mass is 10.0. The molecular formula is C22H19N3O2S. The number of aromatic nitrogens is 2. The van der Waals surface area contributed by atoms with Gasteiger partial charge in [-0.3, -0.25) is 4.79 Å². The summed E-state index contributed by atoms with van der Waals surface area (Å²) in [6, 6.07) is 20.0. The largest absolute Gasteiger partial charge is 0.411 e. The van der Waals surface area contributed by atoms with E-state index in [4.69, 9.17) is 4.42 Å². The van der Waals surface area contributed by atoms with E-state index < -0.39 is 0 Å². The van der Waals surface area contributed by atoms with E-state index in [9.17, 15) is 4.79 Å². The summed E-state index contributed by atoms with van der Waals surface area (Å²) in [4.78, 5) is 12.2. The number of hydrogen-bond donors (Lipinski definition) is 1. The lowest BCUT2D eigenvalue weighted by Gasteiger charge is -2.06. The standard InChI is InChI=1S/C22H19N3O2S/c1-14-10-15(2)12-17(11-14)23-20(26)13-28-22-25-24-21(27-22)19-9-5-7-16-6-3-4-8-18(16)19/h3-12H,13H2,1-2H3,(H,23,26). The molecule has 4 aromatic rings. The maximum atomic E-state index is 12.2. The Balaban J connectivity index is 1.44. The van der Waals surface area contributed by atoms with Crippen molar-refractivity contribution in [2.45, 2.75) is 19.1 Å². The van der Waals surface area contributed by atoms with Crippen LogP contribution in [0.3, 0.4) is 0 Å². The third kappa shape index (κ3) is 4.07. The van der Waals surface area contributed by atoms with E-state index in [1.54, 1.807) is 0 Å². The molecular weight excluding hydrogens is 370 g/mol. The van der Waals surface area contributed by atoms with Crippen molar-refractivity contribution in [1.82, 2.24) is 10.2 Å². The molecule has 0 unspecified atom stereocenters. The van der Waals surface area contributed by atoms with Crippen molar-refractivity contribution in [1.29, 1.82) is 0 Å². The molecule has 1 aromatic heterocycles. The zero-order chi connectivity index (χ0) is 19.5. The fourth-order valence-corrected chi connectivity index (χ4v) is 3.72. The maximum absolute atomic E-state index is 12.2. The highest BCUT2D eigenvalue weighted by Crippen LogP contribution is 2.29. The fourth-order valence-electron chi connectivity index (χ4n) is 3.16. The zero-order valence-corrected chi connectivity index (χ0v) is 16.4. The number of fused-ring (bicyclic) bond motifs is 1. The quantitative estimate of drug-likeness (QED) is 0.473. The molecule has 0 bridgehead atoms. The highest BCUT2D eigenvalue weighted by Gasteiger charge is 2.13. The van der Waals surface area contributed by atoms with E-state index in [-0.39, 0.29) is 11.7 Å². The van der Waals surface area contributed by atoms with Crippen LogP contribution in [0.4, 0.5) is 5.69 Å². The van der Waals surface area contributed by atoms with Crippen molar-refractivity contribution < 1.29 is 9.21 Å². The second-order valence-corrected chi connectivity index (χ2v) is 7.54.